The Morgan fingerprint density at radius 1 is 1.50 bits per heavy atom. The molecule has 0 aliphatic carbocycles. The average Bonchev–Trinajstić information content (AvgIpc) is 2.79. The number of ether oxygens (including phenoxy) is 1. The van der Waals surface area contributed by atoms with E-state index in [1.54, 1.807) is 0 Å². The lowest BCUT2D eigenvalue weighted by Gasteiger charge is -2.08. The lowest BCUT2D eigenvalue weighted by molar-refractivity contribution is 0.286. The summed E-state index contributed by atoms with van der Waals surface area (Å²) in [6.45, 7) is 2.22. The summed E-state index contributed by atoms with van der Waals surface area (Å²) in [5.41, 5.74) is 6.81. The van der Waals surface area contributed by atoms with Crippen LogP contribution >= 0.6 is 0 Å². The van der Waals surface area contributed by atoms with Gasteiger partial charge in [-0.15, -0.1) is 0 Å². The highest BCUT2D eigenvalue weighted by atomic mass is 16.5. The van der Waals surface area contributed by atoms with Crippen molar-refractivity contribution in [3.8, 4) is 5.75 Å². The highest BCUT2D eigenvalue weighted by molar-refractivity contribution is 5.30. The first-order valence-electron chi connectivity index (χ1n) is 4.99. The summed E-state index contributed by atoms with van der Waals surface area (Å²) in [6, 6.07) is 7.64. The van der Waals surface area contributed by atoms with Crippen LogP contribution < -0.4 is 10.5 Å². The smallest absolute Gasteiger partial charge is 0.213 e. The minimum absolute atomic E-state index is 0.00581. The molecule has 1 aromatic carbocycles. The van der Waals surface area contributed by atoms with Crippen LogP contribution in [0.1, 0.15) is 24.4 Å². The molecule has 0 spiro atoms. The molecule has 0 amide bonds. The standard InChI is InChI=1S/C11H13N3O2/c1-8(12)9-3-2-4-10(5-9)15-6-11-13-7-16-14-11/h2-5,7-8H,6,12H2,1H3. The fraction of sp³-hybridized carbons (Fsp3) is 0.273. The zero-order valence-electron chi connectivity index (χ0n) is 8.96. The molecule has 5 nitrogen and oxygen atoms in total. The van der Waals surface area contributed by atoms with Crippen LogP contribution in [0.3, 0.4) is 0 Å². The summed E-state index contributed by atoms with van der Waals surface area (Å²) in [4.78, 5) is 3.86. The summed E-state index contributed by atoms with van der Waals surface area (Å²) in [5, 5.41) is 3.65. The van der Waals surface area contributed by atoms with Crippen molar-refractivity contribution in [3.63, 3.8) is 0 Å². The lowest BCUT2D eigenvalue weighted by atomic mass is 10.1. The molecule has 0 bridgehead atoms. The largest absolute Gasteiger partial charge is 0.485 e. The quantitative estimate of drug-likeness (QED) is 0.846. The number of nitrogens with zero attached hydrogens (tertiary/aromatic N) is 2. The zero-order chi connectivity index (χ0) is 11.4. The van der Waals surface area contributed by atoms with E-state index < -0.39 is 0 Å². The second-order valence-corrected chi connectivity index (χ2v) is 3.50. The van der Waals surface area contributed by atoms with Crippen molar-refractivity contribution < 1.29 is 9.26 Å². The Labute approximate surface area is 93.2 Å². The van der Waals surface area contributed by atoms with E-state index in [0.717, 1.165) is 11.3 Å². The molecule has 1 unspecified atom stereocenters. The monoisotopic (exact) mass is 219 g/mol. The maximum absolute atomic E-state index is 5.78. The molecule has 0 radical (unpaired) electrons. The molecule has 0 aliphatic rings. The van der Waals surface area contributed by atoms with E-state index in [4.69, 9.17) is 10.5 Å². The molecule has 1 atom stereocenters. The van der Waals surface area contributed by atoms with E-state index in [1.165, 1.54) is 6.39 Å². The van der Waals surface area contributed by atoms with E-state index in [-0.39, 0.29) is 6.04 Å². The summed E-state index contributed by atoms with van der Waals surface area (Å²) in [5.74, 6) is 1.27. The van der Waals surface area contributed by atoms with Gasteiger partial charge >= 0.3 is 0 Å². The zero-order valence-corrected chi connectivity index (χ0v) is 8.96. The molecule has 1 heterocycles. The Kier molecular flexibility index (Phi) is 3.16. The Balaban J connectivity index is 2.01. The highest BCUT2D eigenvalue weighted by Crippen LogP contribution is 2.18. The Morgan fingerprint density at radius 3 is 3.06 bits per heavy atom. The van der Waals surface area contributed by atoms with Gasteiger partial charge in [-0.05, 0) is 24.6 Å². The predicted molar refractivity (Wildman–Crippen MR) is 57.7 cm³/mol. The maximum atomic E-state index is 5.78. The molecule has 0 fully saturated rings. The molecule has 0 aliphatic heterocycles. The molecule has 2 N–H and O–H groups in total. The van der Waals surface area contributed by atoms with Crippen LogP contribution in [0.2, 0.25) is 0 Å². The number of nitrogens with two attached hydrogens (primary N) is 1. The van der Waals surface area contributed by atoms with E-state index in [0.29, 0.717) is 12.4 Å². The molecule has 2 rings (SSSR count). The lowest BCUT2D eigenvalue weighted by Crippen LogP contribution is -2.05. The summed E-state index contributed by atoms with van der Waals surface area (Å²) >= 11 is 0. The molecular weight excluding hydrogens is 206 g/mol. The van der Waals surface area contributed by atoms with Crippen LogP contribution in [0.15, 0.2) is 35.2 Å². The topological polar surface area (TPSA) is 74.2 Å². The number of hydrogen-bond acceptors (Lipinski definition) is 5. The molecule has 2 aromatic rings. The van der Waals surface area contributed by atoms with Crippen molar-refractivity contribution in [2.75, 3.05) is 0 Å². The van der Waals surface area contributed by atoms with Crippen LogP contribution in [-0.4, -0.2) is 10.1 Å². The van der Waals surface area contributed by atoms with Gasteiger partial charge < -0.3 is 15.0 Å². The fourth-order valence-electron chi connectivity index (χ4n) is 1.29. The third-order valence-corrected chi connectivity index (χ3v) is 2.16. The van der Waals surface area contributed by atoms with Crippen molar-refractivity contribution in [2.24, 2.45) is 5.73 Å². The van der Waals surface area contributed by atoms with Gasteiger partial charge in [-0.25, -0.2) is 0 Å². The number of aromatic nitrogens is 2. The minimum atomic E-state index is -0.00581. The Hall–Kier alpha value is -1.88. The van der Waals surface area contributed by atoms with Gasteiger partial charge in [0, 0.05) is 6.04 Å². The fourth-order valence-corrected chi connectivity index (χ4v) is 1.29. The van der Waals surface area contributed by atoms with E-state index >= 15 is 0 Å². The van der Waals surface area contributed by atoms with Crippen LogP contribution in [0.4, 0.5) is 0 Å². The minimum Gasteiger partial charge on any atom is -0.485 e. The van der Waals surface area contributed by atoms with E-state index in [9.17, 15) is 0 Å². The first-order chi connectivity index (χ1) is 7.75. The summed E-state index contributed by atoms with van der Waals surface area (Å²) in [6.07, 6.45) is 1.27. The van der Waals surface area contributed by atoms with Crippen molar-refractivity contribution in [1.29, 1.82) is 0 Å². The summed E-state index contributed by atoms with van der Waals surface area (Å²) < 4.78 is 10.1. The van der Waals surface area contributed by atoms with Crippen molar-refractivity contribution in [3.05, 3.63) is 42.0 Å². The maximum Gasteiger partial charge on any atom is 0.213 e. The van der Waals surface area contributed by atoms with Crippen LogP contribution in [0, 0.1) is 0 Å². The highest BCUT2D eigenvalue weighted by Gasteiger charge is 2.03. The average molecular weight is 219 g/mol. The molecule has 84 valence electrons. The van der Waals surface area contributed by atoms with E-state index in [1.807, 2.05) is 31.2 Å². The van der Waals surface area contributed by atoms with Gasteiger partial charge in [-0.2, -0.15) is 4.98 Å². The Morgan fingerprint density at radius 2 is 2.38 bits per heavy atom. The van der Waals surface area contributed by atoms with Gasteiger partial charge in [-0.3, -0.25) is 0 Å². The molecule has 0 saturated heterocycles. The summed E-state index contributed by atoms with van der Waals surface area (Å²) in [7, 11) is 0. The van der Waals surface area contributed by atoms with Crippen LogP contribution in [-0.2, 0) is 6.61 Å². The third kappa shape index (κ3) is 2.58. The molecule has 1 aromatic heterocycles. The molecule has 16 heavy (non-hydrogen) atoms. The van der Waals surface area contributed by atoms with Crippen molar-refractivity contribution >= 4 is 0 Å². The molecule has 0 saturated carbocycles. The number of benzene rings is 1. The first kappa shape index (κ1) is 10.6. The number of rotatable bonds is 4. The van der Waals surface area contributed by atoms with Crippen molar-refractivity contribution in [2.45, 2.75) is 19.6 Å². The number of hydrogen-bond donors (Lipinski definition) is 1. The van der Waals surface area contributed by atoms with Gasteiger partial charge in [0.1, 0.15) is 5.75 Å². The first-order valence-corrected chi connectivity index (χ1v) is 4.99. The molecule has 5 heteroatoms. The van der Waals surface area contributed by atoms with Crippen LogP contribution in [0.5, 0.6) is 5.75 Å². The van der Waals surface area contributed by atoms with Crippen LogP contribution in [0.25, 0.3) is 0 Å². The van der Waals surface area contributed by atoms with Gasteiger partial charge in [-0.1, -0.05) is 17.3 Å². The SMILES string of the molecule is CC(N)c1cccc(OCc2ncon2)c1. The third-order valence-electron chi connectivity index (χ3n) is 2.16. The van der Waals surface area contributed by atoms with E-state index in [2.05, 4.69) is 14.7 Å². The second-order valence-electron chi connectivity index (χ2n) is 3.50. The Bertz CT molecular complexity index is 440. The normalized spacial score (nSPS) is 12.4. The predicted octanol–water partition coefficient (Wildman–Crippen LogP) is 1.67. The second kappa shape index (κ2) is 4.76. The van der Waals surface area contributed by atoms with Gasteiger partial charge in [0.25, 0.3) is 0 Å². The van der Waals surface area contributed by atoms with Gasteiger partial charge in [0.15, 0.2) is 6.61 Å². The molecular formula is C11H13N3O2. The van der Waals surface area contributed by atoms with Gasteiger partial charge in [0.2, 0.25) is 12.2 Å². The van der Waals surface area contributed by atoms with Crippen molar-refractivity contribution in [1.82, 2.24) is 10.1 Å². The van der Waals surface area contributed by atoms with Gasteiger partial charge in [0.05, 0.1) is 0 Å².